The molecule has 4 aromatic rings. The quantitative estimate of drug-likeness (QED) is 0.569. The summed E-state index contributed by atoms with van der Waals surface area (Å²) in [5.41, 5.74) is 3.38. The van der Waals surface area contributed by atoms with Crippen molar-refractivity contribution in [1.82, 2.24) is 5.32 Å². The Morgan fingerprint density at radius 3 is 2.15 bits per heavy atom. The van der Waals surface area contributed by atoms with E-state index in [-0.39, 0.29) is 5.43 Å². The Bertz CT molecular complexity index is 1070. The molecule has 3 heteroatoms. The van der Waals surface area contributed by atoms with Crippen molar-refractivity contribution in [1.29, 1.82) is 0 Å². The summed E-state index contributed by atoms with van der Waals surface area (Å²) in [6.45, 7) is 1.15. The van der Waals surface area contributed by atoms with E-state index in [0.29, 0.717) is 35.4 Å². The molecule has 0 fully saturated rings. The van der Waals surface area contributed by atoms with E-state index >= 15 is 0 Å². The minimum atomic E-state index is 0.0197. The molecular weight excluding hydrogens is 322 g/mol. The zero-order valence-corrected chi connectivity index (χ0v) is 14.3. The van der Waals surface area contributed by atoms with Gasteiger partial charge in [-0.25, -0.2) is 0 Å². The predicted octanol–water partition coefficient (Wildman–Crippen LogP) is 4.75. The molecule has 0 bridgehead atoms. The van der Waals surface area contributed by atoms with E-state index in [1.165, 1.54) is 5.56 Å². The second-order valence-corrected chi connectivity index (χ2v) is 6.19. The Hall–Kier alpha value is -3.17. The summed E-state index contributed by atoms with van der Waals surface area (Å²) in [5.74, 6) is 0.634. The number of hydrogen-bond acceptors (Lipinski definition) is 3. The molecule has 1 N–H and O–H groups in total. The van der Waals surface area contributed by atoms with Gasteiger partial charge in [-0.15, -0.1) is 0 Å². The first kappa shape index (κ1) is 16.3. The lowest BCUT2D eigenvalue weighted by Crippen LogP contribution is -2.20. The molecule has 1 heterocycles. The van der Waals surface area contributed by atoms with Gasteiger partial charge in [0, 0.05) is 18.7 Å². The minimum absolute atomic E-state index is 0.0197. The fraction of sp³-hybridized carbons (Fsp3) is 0.0870. The van der Waals surface area contributed by atoms with Crippen molar-refractivity contribution < 1.29 is 4.42 Å². The molecule has 0 aliphatic carbocycles. The Labute approximate surface area is 151 Å². The maximum absolute atomic E-state index is 13.1. The molecule has 0 aliphatic rings. The molecule has 3 aromatic carbocycles. The van der Waals surface area contributed by atoms with Crippen molar-refractivity contribution in [3.05, 3.63) is 106 Å². The average Bonchev–Trinajstić information content (AvgIpc) is 2.71. The molecule has 0 saturated heterocycles. The van der Waals surface area contributed by atoms with Gasteiger partial charge in [0.2, 0.25) is 0 Å². The summed E-state index contributed by atoms with van der Waals surface area (Å²) in [4.78, 5) is 13.1. The van der Waals surface area contributed by atoms with E-state index in [0.717, 1.165) is 5.56 Å². The maximum Gasteiger partial charge on any atom is 0.197 e. The molecule has 0 saturated carbocycles. The normalized spacial score (nSPS) is 10.9. The fourth-order valence-electron chi connectivity index (χ4n) is 3.09. The van der Waals surface area contributed by atoms with Crippen molar-refractivity contribution >= 4 is 11.0 Å². The van der Waals surface area contributed by atoms with E-state index in [1.807, 2.05) is 72.8 Å². The summed E-state index contributed by atoms with van der Waals surface area (Å²) in [7, 11) is 0. The smallest absolute Gasteiger partial charge is 0.197 e. The van der Waals surface area contributed by atoms with Crippen LogP contribution in [0.25, 0.3) is 22.3 Å². The lowest BCUT2D eigenvalue weighted by Gasteiger charge is -2.11. The highest BCUT2D eigenvalue weighted by Crippen LogP contribution is 2.25. The largest absolute Gasteiger partial charge is 0.455 e. The monoisotopic (exact) mass is 341 g/mol. The van der Waals surface area contributed by atoms with Gasteiger partial charge in [-0.3, -0.25) is 4.79 Å². The van der Waals surface area contributed by atoms with Crippen molar-refractivity contribution in [3.63, 3.8) is 0 Å². The second-order valence-electron chi connectivity index (χ2n) is 6.19. The summed E-state index contributed by atoms with van der Waals surface area (Å²) in [5, 5.41) is 3.99. The number of fused-ring (bicyclic) bond motifs is 1. The van der Waals surface area contributed by atoms with Crippen LogP contribution in [0, 0.1) is 0 Å². The number of para-hydroxylation sites is 1. The van der Waals surface area contributed by atoms with Crippen LogP contribution >= 0.6 is 0 Å². The first-order chi connectivity index (χ1) is 12.8. The zero-order valence-electron chi connectivity index (χ0n) is 14.3. The van der Waals surface area contributed by atoms with Crippen LogP contribution in [0.1, 0.15) is 11.1 Å². The van der Waals surface area contributed by atoms with Crippen molar-refractivity contribution in [2.75, 3.05) is 0 Å². The Morgan fingerprint density at radius 2 is 1.38 bits per heavy atom. The van der Waals surface area contributed by atoms with Crippen molar-refractivity contribution in [2.24, 2.45) is 0 Å². The van der Waals surface area contributed by atoms with Gasteiger partial charge in [0.15, 0.2) is 5.43 Å². The molecule has 0 aliphatic heterocycles. The van der Waals surface area contributed by atoms with Gasteiger partial charge in [-0.2, -0.15) is 0 Å². The maximum atomic E-state index is 13.1. The van der Waals surface area contributed by atoms with Gasteiger partial charge in [0.05, 0.1) is 10.9 Å². The van der Waals surface area contributed by atoms with Crippen LogP contribution < -0.4 is 10.7 Å². The lowest BCUT2D eigenvalue weighted by atomic mass is 10.0. The molecular formula is C23H19NO2. The fourth-order valence-corrected chi connectivity index (χ4v) is 3.09. The molecule has 0 unspecified atom stereocenters. The van der Waals surface area contributed by atoms with Crippen LogP contribution in [0.2, 0.25) is 0 Å². The van der Waals surface area contributed by atoms with E-state index in [1.54, 1.807) is 0 Å². The molecule has 1 aromatic heterocycles. The summed E-state index contributed by atoms with van der Waals surface area (Å²) < 4.78 is 6.12. The topological polar surface area (TPSA) is 42.2 Å². The van der Waals surface area contributed by atoms with Crippen LogP contribution in [0.15, 0.2) is 94.1 Å². The third kappa shape index (κ3) is 3.30. The van der Waals surface area contributed by atoms with Crippen LogP contribution in [-0.4, -0.2) is 0 Å². The molecule has 0 amide bonds. The van der Waals surface area contributed by atoms with Crippen LogP contribution in [0.4, 0.5) is 0 Å². The van der Waals surface area contributed by atoms with Gasteiger partial charge in [0.25, 0.3) is 0 Å². The predicted molar refractivity (Wildman–Crippen MR) is 105 cm³/mol. The SMILES string of the molecule is O=c1c(CNCc2ccccc2)c(-c2ccccc2)oc2ccccc12. The van der Waals surface area contributed by atoms with Gasteiger partial charge < -0.3 is 9.73 Å². The van der Waals surface area contributed by atoms with Gasteiger partial charge in [-0.1, -0.05) is 72.8 Å². The van der Waals surface area contributed by atoms with Crippen LogP contribution in [-0.2, 0) is 13.1 Å². The standard InChI is InChI=1S/C23H19NO2/c25-22-19-13-7-8-14-21(19)26-23(18-11-5-2-6-12-18)20(22)16-24-15-17-9-3-1-4-10-17/h1-14,24H,15-16H2. The first-order valence-electron chi connectivity index (χ1n) is 8.68. The summed E-state index contributed by atoms with van der Waals surface area (Å²) in [6.07, 6.45) is 0. The molecule has 128 valence electrons. The molecule has 26 heavy (non-hydrogen) atoms. The van der Waals surface area contributed by atoms with E-state index in [4.69, 9.17) is 4.42 Å². The molecule has 0 atom stereocenters. The zero-order chi connectivity index (χ0) is 17.8. The number of hydrogen-bond donors (Lipinski definition) is 1. The van der Waals surface area contributed by atoms with Gasteiger partial charge in [-0.05, 0) is 17.7 Å². The third-order valence-corrected chi connectivity index (χ3v) is 4.40. The first-order valence-corrected chi connectivity index (χ1v) is 8.68. The molecule has 4 rings (SSSR count). The minimum Gasteiger partial charge on any atom is -0.455 e. The highest BCUT2D eigenvalue weighted by atomic mass is 16.3. The van der Waals surface area contributed by atoms with E-state index in [2.05, 4.69) is 17.4 Å². The Morgan fingerprint density at radius 1 is 0.731 bits per heavy atom. The second kappa shape index (κ2) is 7.38. The van der Waals surface area contributed by atoms with Crippen LogP contribution in [0.3, 0.4) is 0 Å². The third-order valence-electron chi connectivity index (χ3n) is 4.40. The Kier molecular flexibility index (Phi) is 4.63. The Balaban J connectivity index is 1.73. The van der Waals surface area contributed by atoms with Crippen molar-refractivity contribution in [3.8, 4) is 11.3 Å². The summed E-state index contributed by atoms with van der Waals surface area (Å²) >= 11 is 0. The number of benzene rings is 3. The highest BCUT2D eigenvalue weighted by molar-refractivity contribution is 5.80. The average molecular weight is 341 g/mol. The van der Waals surface area contributed by atoms with E-state index < -0.39 is 0 Å². The number of nitrogens with one attached hydrogen (secondary N) is 1. The van der Waals surface area contributed by atoms with E-state index in [9.17, 15) is 4.79 Å². The summed E-state index contributed by atoms with van der Waals surface area (Å²) in [6, 6.07) is 27.3. The lowest BCUT2D eigenvalue weighted by molar-refractivity contribution is 0.596. The van der Waals surface area contributed by atoms with Gasteiger partial charge in [0.1, 0.15) is 11.3 Å². The van der Waals surface area contributed by atoms with Gasteiger partial charge >= 0.3 is 0 Å². The number of rotatable bonds is 5. The molecule has 0 spiro atoms. The molecule has 3 nitrogen and oxygen atoms in total. The van der Waals surface area contributed by atoms with Crippen molar-refractivity contribution in [2.45, 2.75) is 13.1 Å². The highest BCUT2D eigenvalue weighted by Gasteiger charge is 2.15. The van der Waals surface area contributed by atoms with Crippen LogP contribution in [0.5, 0.6) is 0 Å². The molecule has 0 radical (unpaired) electrons.